The summed E-state index contributed by atoms with van der Waals surface area (Å²) >= 11 is 0. The Morgan fingerprint density at radius 1 is 1.37 bits per heavy atom. The van der Waals surface area contributed by atoms with E-state index in [0.29, 0.717) is 12.2 Å². The maximum absolute atomic E-state index is 11.9. The Kier molecular flexibility index (Phi) is 5.80. The van der Waals surface area contributed by atoms with Crippen LogP contribution in [0, 0.1) is 11.3 Å². The molecular weight excluding hydrogens is 262 g/mol. The van der Waals surface area contributed by atoms with E-state index in [1.165, 1.54) is 0 Å². The second kappa shape index (κ2) is 7.12. The van der Waals surface area contributed by atoms with Crippen LogP contribution in [0.3, 0.4) is 0 Å². The van der Waals surface area contributed by atoms with Gasteiger partial charge in [0.15, 0.2) is 5.25 Å². The molecule has 5 nitrogen and oxygen atoms in total. The van der Waals surface area contributed by atoms with Crippen molar-refractivity contribution in [2.45, 2.75) is 32.1 Å². The van der Waals surface area contributed by atoms with Gasteiger partial charge in [-0.2, -0.15) is 5.26 Å². The molecule has 0 amide bonds. The molecule has 0 saturated carbocycles. The smallest absolute Gasteiger partial charge is 0.249 e. The van der Waals surface area contributed by atoms with Crippen molar-refractivity contribution >= 4 is 15.7 Å². The molecule has 1 rings (SSSR count). The number of nitrogens with one attached hydrogen (secondary N) is 2. The molecule has 0 aromatic heterocycles. The predicted octanol–water partition coefficient (Wildman–Crippen LogP) is 1.84. The minimum absolute atomic E-state index is 0.267. The maximum Gasteiger partial charge on any atom is 0.249 e. The molecule has 1 atom stereocenters. The summed E-state index contributed by atoms with van der Waals surface area (Å²) in [5, 5.41) is 11.0. The van der Waals surface area contributed by atoms with Crippen LogP contribution in [0.5, 0.6) is 0 Å². The lowest BCUT2D eigenvalue weighted by molar-refractivity contribution is 0.593. The fourth-order valence-electron chi connectivity index (χ4n) is 1.63. The van der Waals surface area contributed by atoms with Crippen molar-refractivity contribution in [2.24, 2.45) is 0 Å². The van der Waals surface area contributed by atoms with Crippen molar-refractivity contribution in [2.75, 3.05) is 11.3 Å². The molecule has 19 heavy (non-hydrogen) atoms. The van der Waals surface area contributed by atoms with Crippen LogP contribution >= 0.6 is 0 Å². The monoisotopic (exact) mass is 281 g/mol. The molecule has 0 fully saturated rings. The molecule has 0 heterocycles. The first-order valence-electron chi connectivity index (χ1n) is 6.24. The fourth-order valence-corrected chi connectivity index (χ4v) is 2.80. The third-order valence-electron chi connectivity index (χ3n) is 2.66. The largest absolute Gasteiger partial charge is 0.313 e. The van der Waals surface area contributed by atoms with Gasteiger partial charge >= 0.3 is 0 Å². The summed E-state index contributed by atoms with van der Waals surface area (Å²) in [4.78, 5) is 0. The number of anilines is 1. The first-order chi connectivity index (χ1) is 9.03. The second-order valence-corrected chi connectivity index (χ2v) is 6.02. The topological polar surface area (TPSA) is 82.0 Å². The highest BCUT2D eigenvalue weighted by Gasteiger charge is 2.23. The van der Waals surface area contributed by atoms with Gasteiger partial charge in [-0.3, -0.25) is 4.72 Å². The van der Waals surface area contributed by atoms with Gasteiger partial charge in [0.1, 0.15) is 0 Å². The molecule has 0 spiro atoms. The SMILES string of the molecule is CCNCc1cccc(NS(=O)(=O)C(C#N)CC)c1. The summed E-state index contributed by atoms with van der Waals surface area (Å²) in [6, 6.07) is 8.95. The zero-order valence-electron chi connectivity index (χ0n) is 11.2. The lowest BCUT2D eigenvalue weighted by Crippen LogP contribution is -2.26. The molecular formula is C13H19N3O2S. The van der Waals surface area contributed by atoms with Gasteiger partial charge in [-0.05, 0) is 30.7 Å². The average Bonchev–Trinajstić information content (AvgIpc) is 2.37. The van der Waals surface area contributed by atoms with Gasteiger partial charge in [0.2, 0.25) is 10.0 Å². The molecule has 1 aromatic carbocycles. The Labute approximate surface area is 114 Å². The van der Waals surface area contributed by atoms with E-state index >= 15 is 0 Å². The van der Waals surface area contributed by atoms with Crippen LogP contribution in [0.2, 0.25) is 0 Å². The standard InChI is InChI=1S/C13H19N3O2S/c1-3-13(9-14)19(17,18)16-12-7-5-6-11(8-12)10-15-4-2/h5-8,13,15-16H,3-4,10H2,1-2H3. The van der Waals surface area contributed by atoms with E-state index in [2.05, 4.69) is 10.0 Å². The summed E-state index contributed by atoms with van der Waals surface area (Å²) in [5.41, 5.74) is 1.48. The quantitative estimate of drug-likeness (QED) is 0.799. The summed E-state index contributed by atoms with van der Waals surface area (Å²) < 4.78 is 26.3. The van der Waals surface area contributed by atoms with Crippen LogP contribution in [-0.4, -0.2) is 20.2 Å². The molecule has 0 radical (unpaired) electrons. The highest BCUT2D eigenvalue weighted by Crippen LogP contribution is 2.15. The molecule has 0 bridgehead atoms. The van der Waals surface area contributed by atoms with Crippen LogP contribution in [0.4, 0.5) is 5.69 Å². The summed E-state index contributed by atoms with van der Waals surface area (Å²) in [6.07, 6.45) is 0.267. The van der Waals surface area contributed by atoms with E-state index in [-0.39, 0.29) is 6.42 Å². The van der Waals surface area contributed by atoms with Crippen LogP contribution in [0.1, 0.15) is 25.8 Å². The number of benzene rings is 1. The lowest BCUT2D eigenvalue weighted by Gasteiger charge is -2.12. The normalized spacial score (nSPS) is 12.7. The molecule has 6 heteroatoms. The van der Waals surface area contributed by atoms with Gasteiger partial charge in [-0.15, -0.1) is 0 Å². The summed E-state index contributed by atoms with van der Waals surface area (Å²) in [5.74, 6) is 0. The van der Waals surface area contributed by atoms with Gasteiger partial charge in [0, 0.05) is 12.2 Å². The zero-order valence-corrected chi connectivity index (χ0v) is 12.0. The Hall–Kier alpha value is -1.58. The maximum atomic E-state index is 11.9. The highest BCUT2D eigenvalue weighted by atomic mass is 32.2. The molecule has 1 unspecified atom stereocenters. The summed E-state index contributed by atoms with van der Waals surface area (Å²) in [6.45, 7) is 5.21. The van der Waals surface area contributed by atoms with Gasteiger partial charge in [-0.25, -0.2) is 8.42 Å². The van der Waals surface area contributed by atoms with Gasteiger partial charge in [-0.1, -0.05) is 26.0 Å². The highest BCUT2D eigenvalue weighted by molar-refractivity contribution is 7.93. The molecule has 0 saturated heterocycles. The van der Waals surface area contributed by atoms with E-state index in [0.717, 1.165) is 12.1 Å². The van der Waals surface area contributed by atoms with E-state index in [4.69, 9.17) is 5.26 Å². The lowest BCUT2D eigenvalue weighted by atomic mass is 10.2. The first kappa shape index (κ1) is 15.5. The second-order valence-electron chi connectivity index (χ2n) is 4.15. The number of hydrogen-bond donors (Lipinski definition) is 2. The predicted molar refractivity (Wildman–Crippen MR) is 76.1 cm³/mol. The van der Waals surface area contributed by atoms with Crippen LogP contribution in [-0.2, 0) is 16.6 Å². The summed E-state index contributed by atoms with van der Waals surface area (Å²) in [7, 11) is -3.64. The van der Waals surface area contributed by atoms with Gasteiger partial charge in [0.25, 0.3) is 0 Å². The molecule has 1 aromatic rings. The third kappa shape index (κ3) is 4.54. The van der Waals surface area contributed by atoms with Gasteiger partial charge < -0.3 is 5.32 Å². The zero-order chi connectivity index (χ0) is 14.3. The van der Waals surface area contributed by atoms with Crippen molar-refractivity contribution in [3.05, 3.63) is 29.8 Å². The molecule has 0 aliphatic rings. The van der Waals surface area contributed by atoms with Crippen molar-refractivity contribution in [1.82, 2.24) is 5.32 Å². The number of nitrogens with zero attached hydrogens (tertiary/aromatic N) is 1. The van der Waals surface area contributed by atoms with Crippen molar-refractivity contribution < 1.29 is 8.42 Å². The molecule has 104 valence electrons. The number of rotatable bonds is 7. The Bertz CT molecular complexity index is 549. The molecule has 0 aliphatic heterocycles. The Morgan fingerprint density at radius 2 is 2.11 bits per heavy atom. The van der Waals surface area contributed by atoms with E-state index in [9.17, 15) is 8.42 Å². The molecule has 0 aliphatic carbocycles. The van der Waals surface area contributed by atoms with Crippen molar-refractivity contribution in [1.29, 1.82) is 5.26 Å². The number of hydrogen-bond acceptors (Lipinski definition) is 4. The van der Waals surface area contributed by atoms with E-state index in [1.807, 2.05) is 13.0 Å². The van der Waals surface area contributed by atoms with Crippen LogP contribution < -0.4 is 10.0 Å². The minimum atomic E-state index is -3.64. The average molecular weight is 281 g/mol. The van der Waals surface area contributed by atoms with Crippen LogP contribution in [0.15, 0.2) is 24.3 Å². The first-order valence-corrected chi connectivity index (χ1v) is 7.79. The fraction of sp³-hybridized carbons (Fsp3) is 0.462. The van der Waals surface area contributed by atoms with Crippen molar-refractivity contribution in [3.8, 4) is 6.07 Å². The Morgan fingerprint density at radius 3 is 2.68 bits per heavy atom. The van der Waals surface area contributed by atoms with Gasteiger partial charge in [0.05, 0.1) is 6.07 Å². The van der Waals surface area contributed by atoms with E-state index < -0.39 is 15.3 Å². The minimum Gasteiger partial charge on any atom is -0.313 e. The Balaban J connectivity index is 2.85. The number of nitriles is 1. The third-order valence-corrected chi connectivity index (χ3v) is 4.36. The van der Waals surface area contributed by atoms with Crippen molar-refractivity contribution in [3.63, 3.8) is 0 Å². The molecule has 2 N–H and O–H groups in total. The van der Waals surface area contributed by atoms with E-state index in [1.54, 1.807) is 31.2 Å². The number of sulfonamides is 1. The van der Waals surface area contributed by atoms with Crippen LogP contribution in [0.25, 0.3) is 0 Å².